The quantitative estimate of drug-likeness (QED) is 0.0261. The highest BCUT2D eigenvalue weighted by atomic mass is 16.6. The van der Waals surface area contributed by atoms with Gasteiger partial charge in [0.1, 0.15) is 13.2 Å². The summed E-state index contributed by atoms with van der Waals surface area (Å²) in [5.74, 6) is -0.871. The van der Waals surface area contributed by atoms with Crippen molar-refractivity contribution < 1.29 is 28.6 Å². The number of esters is 3. The third-order valence-electron chi connectivity index (χ3n) is 16.3. The van der Waals surface area contributed by atoms with Crippen molar-refractivity contribution in [2.24, 2.45) is 0 Å². The SMILES string of the molecule is CC/C=C\C/C=C\C/C=C\CCCCCCCCCC(=O)OCC(COC(=O)CCCCCCCCCCCCCCCCCCCCCCCCCCCCCCC)OC(=O)CCCCCCCCC/C=C\C/C=C\CCCCCC. The van der Waals surface area contributed by atoms with E-state index in [1.807, 2.05) is 0 Å². The van der Waals surface area contributed by atoms with E-state index in [2.05, 4.69) is 81.5 Å². The molecule has 0 amide bonds. The average Bonchev–Trinajstić information content (AvgIpc) is 3.47. The number of unbranched alkanes of at least 4 members (excludes halogenated alkanes) is 46. The van der Waals surface area contributed by atoms with Crippen LogP contribution in [0, 0.1) is 0 Å². The summed E-state index contributed by atoms with van der Waals surface area (Å²) in [6.45, 7) is 6.57. The van der Waals surface area contributed by atoms with Gasteiger partial charge in [0.05, 0.1) is 0 Å². The molecule has 0 aliphatic carbocycles. The minimum absolute atomic E-state index is 0.0772. The smallest absolute Gasteiger partial charge is 0.306 e. The van der Waals surface area contributed by atoms with E-state index in [0.717, 1.165) is 96.3 Å². The van der Waals surface area contributed by atoms with E-state index in [4.69, 9.17) is 14.2 Å². The molecule has 0 saturated carbocycles. The topological polar surface area (TPSA) is 78.9 Å². The minimum atomic E-state index is -0.783. The highest BCUT2D eigenvalue weighted by Crippen LogP contribution is 2.19. The van der Waals surface area contributed by atoms with Crippen LogP contribution in [0.2, 0.25) is 0 Å². The number of carbonyl (C=O) groups is 3. The Bertz CT molecular complexity index is 1460. The van der Waals surface area contributed by atoms with Gasteiger partial charge in [0.25, 0.3) is 0 Å². The van der Waals surface area contributed by atoms with Gasteiger partial charge in [-0.2, -0.15) is 0 Å². The van der Waals surface area contributed by atoms with Gasteiger partial charge in [-0.05, 0) is 83.5 Å². The molecule has 0 bridgehead atoms. The largest absolute Gasteiger partial charge is 0.462 e. The Balaban J connectivity index is 4.24. The van der Waals surface area contributed by atoms with Gasteiger partial charge in [0.15, 0.2) is 6.10 Å². The van der Waals surface area contributed by atoms with Gasteiger partial charge < -0.3 is 14.2 Å². The van der Waals surface area contributed by atoms with Crippen molar-refractivity contribution in [1.29, 1.82) is 0 Å². The van der Waals surface area contributed by atoms with Crippen LogP contribution in [-0.4, -0.2) is 37.2 Å². The van der Waals surface area contributed by atoms with E-state index >= 15 is 0 Å². The molecule has 0 aromatic heterocycles. The Morgan fingerprint density at radius 3 is 0.756 bits per heavy atom. The second-order valence-corrected chi connectivity index (χ2v) is 24.5. The zero-order valence-electron chi connectivity index (χ0n) is 55.0. The highest BCUT2D eigenvalue weighted by Gasteiger charge is 2.19. The summed E-state index contributed by atoms with van der Waals surface area (Å²) >= 11 is 0. The summed E-state index contributed by atoms with van der Waals surface area (Å²) in [4.78, 5) is 38.5. The first kappa shape index (κ1) is 79.1. The first-order valence-corrected chi connectivity index (χ1v) is 36.3. The fraction of sp³-hybridized carbons (Fsp3) is 0.829. The zero-order valence-corrected chi connectivity index (χ0v) is 55.0. The van der Waals surface area contributed by atoms with Crippen LogP contribution in [0.25, 0.3) is 0 Å². The third kappa shape index (κ3) is 67.9. The molecule has 1 atom stereocenters. The molecule has 6 nitrogen and oxygen atoms in total. The number of hydrogen-bond donors (Lipinski definition) is 0. The number of carbonyl (C=O) groups excluding carboxylic acids is 3. The fourth-order valence-corrected chi connectivity index (χ4v) is 10.8. The molecule has 1 unspecified atom stereocenters. The van der Waals surface area contributed by atoms with Gasteiger partial charge in [-0.3, -0.25) is 14.4 Å². The van der Waals surface area contributed by atoms with Crippen LogP contribution in [0.5, 0.6) is 0 Å². The van der Waals surface area contributed by atoms with E-state index in [9.17, 15) is 14.4 Å². The average molecular weight is 1150 g/mol. The lowest BCUT2D eigenvalue weighted by Gasteiger charge is -2.18. The predicted octanol–water partition coefficient (Wildman–Crippen LogP) is 25.1. The Kier molecular flexibility index (Phi) is 68.1. The van der Waals surface area contributed by atoms with Gasteiger partial charge in [0.2, 0.25) is 0 Å². The van der Waals surface area contributed by atoms with Crippen LogP contribution in [0.15, 0.2) is 60.8 Å². The Morgan fingerprint density at radius 1 is 0.256 bits per heavy atom. The van der Waals surface area contributed by atoms with Crippen molar-refractivity contribution in [2.75, 3.05) is 13.2 Å². The van der Waals surface area contributed by atoms with E-state index in [1.54, 1.807) is 0 Å². The summed E-state index contributed by atoms with van der Waals surface area (Å²) < 4.78 is 17.0. The van der Waals surface area contributed by atoms with Gasteiger partial charge in [-0.15, -0.1) is 0 Å². The summed E-state index contributed by atoms with van der Waals surface area (Å²) in [5, 5.41) is 0. The van der Waals surface area contributed by atoms with Crippen molar-refractivity contribution in [3.8, 4) is 0 Å². The normalized spacial score (nSPS) is 12.4. The van der Waals surface area contributed by atoms with Crippen LogP contribution in [-0.2, 0) is 28.6 Å². The third-order valence-corrected chi connectivity index (χ3v) is 16.3. The molecule has 0 aliphatic rings. The number of hydrogen-bond acceptors (Lipinski definition) is 6. The standard InChI is InChI=1S/C76H138O6/c1-4-7-10-13-16-19-22-25-28-31-33-34-35-36-37-38-39-40-41-42-43-46-48-51-54-57-60-63-66-69-75(78)81-72-73(71-80-74(77)68-65-62-59-56-53-50-47-44-30-27-24-21-18-15-12-9-6-3)82-76(79)70-67-64-61-58-55-52-49-45-32-29-26-23-20-17-14-11-8-5-2/h9,12,18,20-21,23,27,29-30,32,73H,4-8,10-11,13-17,19,22,24-26,28,31,33-72H2,1-3H3/b12-9-,21-18-,23-20-,30-27-,32-29-. The van der Waals surface area contributed by atoms with Crippen LogP contribution >= 0.6 is 0 Å². The lowest BCUT2D eigenvalue weighted by Crippen LogP contribution is -2.30. The van der Waals surface area contributed by atoms with E-state index in [0.29, 0.717) is 19.3 Å². The van der Waals surface area contributed by atoms with Gasteiger partial charge in [-0.1, -0.05) is 345 Å². The van der Waals surface area contributed by atoms with Crippen LogP contribution in [0.1, 0.15) is 387 Å². The lowest BCUT2D eigenvalue weighted by molar-refractivity contribution is -0.167. The summed E-state index contributed by atoms with van der Waals surface area (Å²) in [6.07, 6.45) is 91.2. The van der Waals surface area contributed by atoms with Crippen molar-refractivity contribution in [3.63, 3.8) is 0 Å². The maximum atomic E-state index is 13.0. The summed E-state index contributed by atoms with van der Waals surface area (Å²) in [7, 11) is 0. The maximum Gasteiger partial charge on any atom is 0.306 e. The van der Waals surface area contributed by atoms with Gasteiger partial charge >= 0.3 is 17.9 Å². The molecule has 6 heteroatoms. The van der Waals surface area contributed by atoms with E-state index in [1.165, 1.54) is 250 Å². The molecule has 0 spiro atoms. The Labute approximate surface area is 510 Å². The molecule has 0 heterocycles. The van der Waals surface area contributed by atoms with Gasteiger partial charge in [-0.25, -0.2) is 0 Å². The maximum absolute atomic E-state index is 13.0. The molecule has 478 valence electrons. The zero-order chi connectivity index (χ0) is 59.2. The molecule has 0 aliphatic heterocycles. The molecule has 0 fully saturated rings. The van der Waals surface area contributed by atoms with Crippen molar-refractivity contribution in [2.45, 2.75) is 393 Å². The first-order valence-electron chi connectivity index (χ1n) is 36.3. The van der Waals surface area contributed by atoms with Crippen molar-refractivity contribution in [1.82, 2.24) is 0 Å². The monoisotopic (exact) mass is 1150 g/mol. The molecule has 0 radical (unpaired) electrons. The van der Waals surface area contributed by atoms with E-state index < -0.39 is 6.10 Å². The predicted molar refractivity (Wildman–Crippen MR) is 358 cm³/mol. The fourth-order valence-electron chi connectivity index (χ4n) is 10.8. The minimum Gasteiger partial charge on any atom is -0.462 e. The Morgan fingerprint density at radius 2 is 0.476 bits per heavy atom. The molecule has 0 saturated heterocycles. The van der Waals surface area contributed by atoms with Crippen molar-refractivity contribution in [3.05, 3.63) is 60.8 Å². The number of ether oxygens (including phenoxy) is 3. The second-order valence-electron chi connectivity index (χ2n) is 24.5. The van der Waals surface area contributed by atoms with E-state index in [-0.39, 0.29) is 31.1 Å². The summed E-state index contributed by atoms with van der Waals surface area (Å²) in [6, 6.07) is 0. The van der Waals surface area contributed by atoms with Gasteiger partial charge in [0, 0.05) is 19.3 Å². The number of allylic oxidation sites excluding steroid dienone is 10. The molecule has 0 aromatic carbocycles. The van der Waals surface area contributed by atoms with Crippen LogP contribution in [0.4, 0.5) is 0 Å². The molecule has 0 aromatic rings. The molecule has 0 N–H and O–H groups in total. The van der Waals surface area contributed by atoms with Crippen LogP contribution < -0.4 is 0 Å². The molecule has 0 rings (SSSR count). The molecule has 82 heavy (non-hydrogen) atoms. The molecular formula is C76H138O6. The lowest BCUT2D eigenvalue weighted by atomic mass is 10.0. The van der Waals surface area contributed by atoms with Crippen LogP contribution in [0.3, 0.4) is 0 Å². The second kappa shape index (κ2) is 70.6. The van der Waals surface area contributed by atoms with Crippen molar-refractivity contribution >= 4 is 17.9 Å². The Hall–Kier alpha value is -2.89. The molecular weight excluding hydrogens is 1010 g/mol. The first-order chi connectivity index (χ1) is 40.5. The number of rotatable bonds is 67. The summed E-state index contributed by atoms with van der Waals surface area (Å²) in [5.41, 5.74) is 0. The highest BCUT2D eigenvalue weighted by molar-refractivity contribution is 5.71.